The molecule has 0 aliphatic carbocycles. The van der Waals surface area contributed by atoms with Crippen molar-refractivity contribution in [2.24, 2.45) is 5.92 Å². The molecule has 3 amide bonds. The molecular weight excluding hydrogens is 334 g/mol. The number of carbonyl (C=O) groups excluding carboxylic acids is 3. The van der Waals surface area contributed by atoms with Crippen LogP contribution in [0.1, 0.15) is 25.7 Å². The quantitative estimate of drug-likeness (QED) is 0.725. The number of rotatable bonds is 6. The van der Waals surface area contributed by atoms with Gasteiger partial charge in [-0.2, -0.15) is 0 Å². The molecule has 3 fully saturated rings. The highest BCUT2D eigenvalue weighted by Gasteiger charge is 2.42. The van der Waals surface area contributed by atoms with E-state index in [9.17, 15) is 14.4 Å². The first-order valence-corrected chi connectivity index (χ1v) is 9.20. The Kier molecular flexibility index (Phi) is 5.58. The SMILES string of the molecule is CN(C)C(=O)CN1C(=O)[C@@H]2CC[C@H]1CN(C(=O)CCCn1ccnc1)C2. The van der Waals surface area contributed by atoms with Crippen molar-refractivity contribution < 1.29 is 14.4 Å². The van der Waals surface area contributed by atoms with Crippen LogP contribution in [0.5, 0.6) is 0 Å². The van der Waals surface area contributed by atoms with Crippen LogP contribution >= 0.6 is 0 Å². The Morgan fingerprint density at radius 3 is 2.77 bits per heavy atom. The molecule has 0 aromatic carbocycles. The second-order valence-electron chi connectivity index (χ2n) is 7.39. The topological polar surface area (TPSA) is 78.8 Å². The van der Waals surface area contributed by atoms with Crippen molar-refractivity contribution >= 4 is 17.7 Å². The summed E-state index contributed by atoms with van der Waals surface area (Å²) in [5, 5.41) is 0. The highest BCUT2D eigenvalue weighted by molar-refractivity contribution is 5.87. The summed E-state index contributed by atoms with van der Waals surface area (Å²) in [6, 6.07) is -0.0530. The Balaban J connectivity index is 1.58. The molecule has 0 saturated carbocycles. The molecule has 0 unspecified atom stereocenters. The second-order valence-corrected chi connectivity index (χ2v) is 7.39. The third-order valence-corrected chi connectivity index (χ3v) is 5.32. The van der Waals surface area contributed by atoms with Gasteiger partial charge in [0.15, 0.2) is 0 Å². The smallest absolute Gasteiger partial charge is 0.241 e. The number of piperidine rings is 1. The number of imidazole rings is 1. The highest BCUT2D eigenvalue weighted by Crippen LogP contribution is 2.29. The second kappa shape index (κ2) is 7.88. The van der Waals surface area contributed by atoms with Crippen LogP contribution in [-0.4, -0.2) is 81.7 Å². The zero-order valence-corrected chi connectivity index (χ0v) is 15.5. The molecule has 2 bridgehead atoms. The van der Waals surface area contributed by atoms with Gasteiger partial charge < -0.3 is 19.3 Å². The summed E-state index contributed by atoms with van der Waals surface area (Å²) in [6.45, 7) is 1.88. The van der Waals surface area contributed by atoms with E-state index in [1.54, 1.807) is 31.5 Å². The van der Waals surface area contributed by atoms with Gasteiger partial charge in [-0.1, -0.05) is 0 Å². The van der Waals surface area contributed by atoms with Gasteiger partial charge in [-0.25, -0.2) is 4.98 Å². The largest absolute Gasteiger partial charge is 0.347 e. The van der Waals surface area contributed by atoms with Gasteiger partial charge in [0.05, 0.1) is 12.2 Å². The molecule has 0 N–H and O–H groups in total. The van der Waals surface area contributed by atoms with E-state index in [1.165, 1.54) is 4.90 Å². The molecule has 4 heterocycles. The fourth-order valence-electron chi connectivity index (χ4n) is 3.73. The lowest BCUT2D eigenvalue weighted by molar-refractivity contribution is -0.145. The Labute approximate surface area is 153 Å². The molecule has 26 heavy (non-hydrogen) atoms. The van der Waals surface area contributed by atoms with Crippen LogP contribution in [0, 0.1) is 5.92 Å². The van der Waals surface area contributed by atoms with Gasteiger partial charge >= 0.3 is 0 Å². The summed E-state index contributed by atoms with van der Waals surface area (Å²) < 4.78 is 1.96. The Hall–Kier alpha value is -2.38. The van der Waals surface area contributed by atoms with Crippen LogP contribution in [0.3, 0.4) is 0 Å². The monoisotopic (exact) mass is 361 g/mol. The Morgan fingerprint density at radius 1 is 1.27 bits per heavy atom. The lowest BCUT2D eigenvalue weighted by Crippen LogP contribution is -2.51. The van der Waals surface area contributed by atoms with Gasteiger partial charge in [0.2, 0.25) is 17.7 Å². The Bertz CT molecular complexity index is 658. The van der Waals surface area contributed by atoms with Gasteiger partial charge in [0, 0.05) is 58.6 Å². The van der Waals surface area contributed by atoms with Gasteiger partial charge in [-0.3, -0.25) is 14.4 Å². The standard InChI is InChI=1S/C18H27N5O3/c1-20(2)17(25)12-23-15-6-5-14(18(23)26)10-22(11-15)16(24)4-3-8-21-9-7-19-13-21/h7,9,13-15H,3-6,8,10-12H2,1-2H3/t14-,15+/m1/s1. The normalized spacial score (nSPS) is 22.5. The summed E-state index contributed by atoms with van der Waals surface area (Å²) in [4.78, 5) is 46.4. The number of hydrogen-bond acceptors (Lipinski definition) is 4. The average Bonchev–Trinajstić information content (AvgIpc) is 2.97. The lowest BCUT2D eigenvalue weighted by atomic mass is 9.94. The van der Waals surface area contributed by atoms with Crippen LogP contribution in [-0.2, 0) is 20.9 Å². The van der Waals surface area contributed by atoms with Gasteiger partial charge in [0.1, 0.15) is 6.54 Å². The summed E-state index contributed by atoms with van der Waals surface area (Å²) in [5.74, 6) is -0.147. The van der Waals surface area contributed by atoms with Crippen molar-refractivity contribution in [2.75, 3.05) is 33.7 Å². The van der Waals surface area contributed by atoms with E-state index in [-0.39, 0.29) is 36.2 Å². The molecule has 142 valence electrons. The first-order chi connectivity index (χ1) is 12.5. The van der Waals surface area contributed by atoms with Crippen LogP contribution in [0.15, 0.2) is 18.7 Å². The molecule has 1 aromatic rings. The molecule has 0 radical (unpaired) electrons. The van der Waals surface area contributed by atoms with Crippen LogP contribution < -0.4 is 0 Å². The molecular formula is C18H27N5O3. The number of hydrogen-bond donors (Lipinski definition) is 0. The van der Waals surface area contributed by atoms with E-state index in [1.807, 2.05) is 15.7 Å². The maximum atomic E-state index is 12.7. The van der Waals surface area contributed by atoms with E-state index < -0.39 is 0 Å². The fraction of sp³-hybridized carbons (Fsp3) is 0.667. The maximum Gasteiger partial charge on any atom is 0.241 e. The molecule has 3 aliphatic rings. The van der Waals surface area contributed by atoms with Crippen molar-refractivity contribution in [3.63, 3.8) is 0 Å². The number of aryl methyl sites for hydroxylation is 1. The number of carbonyl (C=O) groups is 3. The first-order valence-electron chi connectivity index (χ1n) is 9.20. The highest BCUT2D eigenvalue weighted by atomic mass is 16.2. The minimum absolute atomic E-state index is 0.0187. The van der Waals surface area contributed by atoms with Crippen LogP contribution in [0.25, 0.3) is 0 Å². The number of aromatic nitrogens is 2. The van der Waals surface area contributed by atoms with Gasteiger partial charge in [-0.05, 0) is 19.3 Å². The predicted molar refractivity (Wildman–Crippen MR) is 95.0 cm³/mol. The maximum absolute atomic E-state index is 12.7. The third kappa shape index (κ3) is 4.05. The van der Waals surface area contributed by atoms with Gasteiger partial charge in [0.25, 0.3) is 0 Å². The van der Waals surface area contributed by atoms with Crippen molar-refractivity contribution in [2.45, 2.75) is 38.3 Å². The zero-order valence-electron chi connectivity index (χ0n) is 15.5. The van der Waals surface area contributed by atoms with Gasteiger partial charge in [-0.15, -0.1) is 0 Å². The molecule has 2 atom stereocenters. The Morgan fingerprint density at radius 2 is 2.08 bits per heavy atom. The molecule has 1 aromatic heterocycles. The number of amides is 3. The third-order valence-electron chi connectivity index (χ3n) is 5.32. The van der Waals surface area contributed by atoms with Crippen molar-refractivity contribution in [1.82, 2.24) is 24.3 Å². The number of fused-ring (bicyclic) bond motifs is 4. The zero-order chi connectivity index (χ0) is 18.7. The van der Waals surface area contributed by atoms with Crippen molar-refractivity contribution in [3.8, 4) is 0 Å². The molecule has 4 rings (SSSR count). The van der Waals surface area contributed by atoms with E-state index in [4.69, 9.17) is 0 Å². The number of nitrogens with zero attached hydrogens (tertiary/aromatic N) is 5. The first kappa shape index (κ1) is 18.4. The predicted octanol–water partition coefficient (Wildman–Crippen LogP) is 0.201. The fourth-order valence-corrected chi connectivity index (χ4v) is 3.73. The lowest BCUT2D eigenvalue weighted by Gasteiger charge is -2.35. The molecule has 3 saturated heterocycles. The minimum atomic E-state index is -0.179. The molecule has 8 nitrogen and oxygen atoms in total. The molecule has 0 spiro atoms. The number of likely N-dealkylation sites (N-methyl/N-ethyl adjacent to an activating group) is 1. The average molecular weight is 361 g/mol. The van der Waals surface area contributed by atoms with Crippen LogP contribution in [0.4, 0.5) is 0 Å². The summed E-state index contributed by atoms with van der Waals surface area (Å²) in [6.07, 6.45) is 8.22. The van der Waals surface area contributed by atoms with E-state index >= 15 is 0 Å². The molecule has 8 heteroatoms. The van der Waals surface area contributed by atoms with Crippen molar-refractivity contribution in [3.05, 3.63) is 18.7 Å². The van der Waals surface area contributed by atoms with E-state index in [2.05, 4.69) is 4.98 Å². The summed E-state index contributed by atoms with van der Waals surface area (Å²) in [5.41, 5.74) is 0. The molecule has 3 aliphatic heterocycles. The van der Waals surface area contributed by atoms with Crippen LogP contribution in [0.2, 0.25) is 0 Å². The van der Waals surface area contributed by atoms with Crippen molar-refractivity contribution in [1.29, 1.82) is 0 Å². The van der Waals surface area contributed by atoms with E-state index in [0.29, 0.717) is 19.5 Å². The summed E-state index contributed by atoms with van der Waals surface area (Å²) in [7, 11) is 3.39. The summed E-state index contributed by atoms with van der Waals surface area (Å²) >= 11 is 0. The van der Waals surface area contributed by atoms with E-state index in [0.717, 1.165) is 25.8 Å². The minimum Gasteiger partial charge on any atom is -0.347 e.